The molecule has 0 spiro atoms. The van der Waals surface area contributed by atoms with E-state index in [9.17, 15) is 0 Å². The predicted octanol–water partition coefficient (Wildman–Crippen LogP) is 1.93. The number of hydrogen-bond donors (Lipinski definition) is 1. The molecule has 0 aliphatic heterocycles. The lowest BCUT2D eigenvalue weighted by atomic mass is 10.3. The lowest BCUT2D eigenvalue weighted by molar-refractivity contribution is 0.414. The first kappa shape index (κ1) is 12.0. The van der Waals surface area contributed by atoms with Crippen molar-refractivity contribution in [2.45, 2.75) is 5.16 Å². The zero-order chi connectivity index (χ0) is 12.1. The van der Waals surface area contributed by atoms with E-state index >= 15 is 0 Å². The molecule has 0 unspecified atom stereocenters. The third-order valence-corrected chi connectivity index (χ3v) is 3.31. The van der Waals surface area contributed by atoms with Crippen molar-refractivity contribution in [1.29, 1.82) is 0 Å². The highest BCUT2D eigenvalue weighted by molar-refractivity contribution is 7.99. The third-order valence-electron chi connectivity index (χ3n) is 2.31. The number of imidazole rings is 1. The molecule has 0 amide bonds. The minimum atomic E-state index is 0.653. The molecule has 1 heterocycles. The van der Waals surface area contributed by atoms with Gasteiger partial charge in [-0.2, -0.15) is 0 Å². The van der Waals surface area contributed by atoms with Crippen molar-refractivity contribution in [1.82, 2.24) is 9.55 Å². The summed E-state index contributed by atoms with van der Waals surface area (Å²) in [7, 11) is 1.66. The van der Waals surface area contributed by atoms with E-state index in [4.69, 9.17) is 10.5 Å². The van der Waals surface area contributed by atoms with Crippen LogP contribution in [-0.2, 0) is 0 Å². The molecule has 1 aromatic carbocycles. The largest absolute Gasteiger partial charge is 0.497 e. The standard InChI is InChI=1S/C12H15N3OS/c1-16-11-4-2-10(3-5-11)15-8-7-14-12(15)17-9-6-13/h2-5,7-8H,6,9,13H2,1H3. The number of hydrogen-bond acceptors (Lipinski definition) is 4. The minimum Gasteiger partial charge on any atom is -0.497 e. The van der Waals surface area contributed by atoms with Crippen LogP contribution in [-0.4, -0.2) is 29.0 Å². The number of methoxy groups -OCH3 is 1. The SMILES string of the molecule is COc1ccc(-n2ccnc2SCCN)cc1. The monoisotopic (exact) mass is 249 g/mol. The second-order valence-corrected chi connectivity index (χ2v) is 4.48. The third kappa shape index (κ3) is 2.81. The van der Waals surface area contributed by atoms with Gasteiger partial charge in [0, 0.05) is 30.4 Å². The van der Waals surface area contributed by atoms with Crippen LogP contribution in [0.1, 0.15) is 0 Å². The van der Waals surface area contributed by atoms with E-state index in [2.05, 4.69) is 4.98 Å². The van der Waals surface area contributed by atoms with Crippen LogP contribution in [0.25, 0.3) is 5.69 Å². The molecule has 90 valence electrons. The number of nitrogens with zero attached hydrogens (tertiary/aromatic N) is 2. The Kier molecular flexibility index (Phi) is 4.06. The molecule has 0 bridgehead atoms. The lowest BCUT2D eigenvalue weighted by Crippen LogP contribution is -2.03. The van der Waals surface area contributed by atoms with Crippen LogP contribution < -0.4 is 10.5 Å². The molecule has 2 aromatic rings. The molecule has 0 fully saturated rings. The summed E-state index contributed by atoms with van der Waals surface area (Å²) in [4.78, 5) is 4.31. The number of thioether (sulfide) groups is 1. The first-order valence-corrected chi connectivity index (χ1v) is 6.34. The van der Waals surface area contributed by atoms with E-state index in [-0.39, 0.29) is 0 Å². The quantitative estimate of drug-likeness (QED) is 0.823. The fraction of sp³-hybridized carbons (Fsp3) is 0.250. The van der Waals surface area contributed by atoms with Crippen LogP contribution in [0.3, 0.4) is 0 Å². The topological polar surface area (TPSA) is 53.1 Å². The summed E-state index contributed by atoms with van der Waals surface area (Å²) in [5, 5.41) is 0.959. The summed E-state index contributed by atoms with van der Waals surface area (Å²) < 4.78 is 7.18. The maximum atomic E-state index is 5.50. The summed E-state index contributed by atoms with van der Waals surface area (Å²) in [6.07, 6.45) is 3.74. The van der Waals surface area contributed by atoms with Gasteiger partial charge in [-0.05, 0) is 24.3 Å². The van der Waals surface area contributed by atoms with Gasteiger partial charge in [0.2, 0.25) is 0 Å². The van der Waals surface area contributed by atoms with Gasteiger partial charge in [-0.25, -0.2) is 4.98 Å². The van der Waals surface area contributed by atoms with E-state index < -0.39 is 0 Å². The second-order valence-electron chi connectivity index (χ2n) is 3.41. The number of nitrogens with two attached hydrogens (primary N) is 1. The number of rotatable bonds is 5. The molecular formula is C12H15N3OS. The Morgan fingerprint density at radius 2 is 2.12 bits per heavy atom. The van der Waals surface area contributed by atoms with Crippen molar-refractivity contribution >= 4 is 11.8 Å². The Balaban J connectivity index is 2.23. The van der Waals surface area contributed by atoms with Gasteiger partial charge in [-0.3, -0.25) is 4.57 Å². The van der Waals surface area contributed by atoms with E-state index in [0.717, 1.165) is 22.3 Å². The Morgan fingerprint density at radius 1 is 1.35 bits per heavy atom. The van der Waals surface area contributed by atoms with Crippen molar-refractivity contribution in [3.05, 3.63) is 36.7 Å². The Morgan fingerprint density at radius 3 is 2.76 bits per heavy atom. The van der Waals surface area contributed by atoms with Crippen molar-refractivity contribution in [2.24, 2.45) is 5.73 Å². The number of aromatic nitrogens is 2. The van der Waals surface area contributed by atoms with E-state index in [0.29, 0.717) is 6.54 Å². The molecular weight excluding hydrogens is 234 g/mol. The molecule has 2 rings (SSSR count). The molecule has 0 atom stereocenters. The van der Waals surface area contributed by atoms with Gasteiger partial charge in [0.05, 0.1) is 7.11 Å². The summed E-state index contributed by atoms with van der Waals surface area (Å²) >= 11 is 1.65. The highest BCUT2D eigenvalue weighted by Crippen LogP contribution is 2.21. The zero-order valence-electron chi connectivity index (χ0n) is 9.67. The average Bonchev–Trinajstić information content (AvgIpc) is 2.84. The molecule has 1 aromatic heterocycles. The highest BCUT2D eigenvalue weighted by Gasteiger charge is 2.05. The summed E-state index contributed by atoms with van der Waals surface area (Å²) in [6, 6.07) is 7.89. The van der Waals surface area contributed by atoms with Crippen LogP contribution in [0.4, 0.5) is 0 Å². The fourth-order valence-corrected chi connectivity index (χ4v) is 2.23. The van der Waals surface area contributed by atoms with E-state index in [1.165, 1.54) is 0 Å². The Bertz CT molecular complexity index is 467. The normalized spacial score (nSPS) is 10.5. The summed E-state index contributed by atoms with van der Waals surface area (Å²) in [5.41, 5.74) is 6.57. The van der Waals surface area contributed by atoms with Crippen LogP contribution in [0.2, 0.25) is 0 Å². The first-order valence-electron chi connectivity index (χ1n) is 5.36. The van der Waals surface area contributed by atoms with Crippen molar-refractivity contribution in [2.75, 3.05) is 19.4 Å². The van der Waals surface area contributed by atoms with Gasteiger partial charge in [0.15, 0.2) is 5.16 Å². The second kappa shape index (κ2) is 5.75. The summed E-state index contributed by atoms with van der Waals surface area (Å²) in [5.74, 6) is 1.72. The average molecular weight is 249 g/mol. The minimum absolute atomic E-state index is 0.653. The molecule has 5 heteroatoms. The Labute approximate surface area is 105 Å². The predicted molar refractivity (Wildman–Crippen MR) is 69.9 cm³/mol. The maximum absolute atomic E-state index is 5.50. The molecule has 0 radical (unpaired) electrons. The van der Waals surface area contributed by atoms with Crippen molar-refractivity contribution in [3.8, 4) is 11.4 Å². The Hall–Kier alpha value is -1.46. The maximum Gasteiger partial charge on any atom is 0.172 e. The number of ether oxygens (including phenoxy) is 1. The van der Waals surface area contributed by atoms with Gasteiger partial charge in [-0.15, -0.1) is 0 Å². The van der Waals surface area contributed by atoms with Gasteiger partial charge >= 0.3 is 0 Å². The van der Waals surface area contributed by atoms with Gasteiger partial charge in [-0.1, -0.05) is 11.8 Å². The van der Waals surface area contributed by atoms with Gasteiger partial charge in [0.25, 0.3) is 0 Å². The lowest BCUT2D eigenvalue weighted by Gasteiger charge is -2.07. The molecule has 0 aliphatic rings. The zero-order valence-corrected chi connectivity index (χ0v) is 10.5. The molecule has 4 nitrogen and oxygen atoms in total. The fourth-order valence-electron chi connectivity index (χ4n) is 1.49. The van der Waals surface area contributed by atoms with Crippen molar-refractivity contribution in [3.63, 3.8) is 0 Å². The van der Waals surface area contributed by atoms with Crippen LogP contribution in [0, 0.1) is 0 Å². The van der Waals surface area contributed by atoms with Crippen LogP contribution in [0.5, 0.6) is 5.75 Å². The molecule has 2 N–H and O–H groups in total. The number of benzene rings is 1. The first-order chi connectivity index (χ1) is 8.35. The summed E-state index contributed by atoms with van der Waals surface area (Å²) in [6.45, 7) is 0.653. The highest BCUT2D eigenvalue weighted by atomic mass is 32.2. The van der Waals surface area contributed by atoms with Crippen LogP contribution in [0.15, 0.2) is 41.8 Å². The van der Waals surface area contributed by atoms with Crippen LogP contribution >= 0.6 is 11.8 Å². The van der Waals surface area contributed by atoms with Gasteiger partial charge < -0.3 is 10.5 Å². The van der Waals surface area contributed by atoms with Gasteiger partial charge in [0.1, 0.15) is 5.75 Å². The molecule has 0 saturated carbocycles. The van der Waals surface area contributed by atoms with E-state index in [1.807, 2.05) is 35.0 Å². The van der Waals surface area contributed by atoms with Crippen molar-refractivity contribution < 1.29 is 4.74 Å². The smallest absolute Gasteiger partial charge is 0.172 e. The molecule has 0 aliphatic carbocycles. The molecule has 0 saturated heterocycles. The van der Waals surface area contributed by atoms with E-state index in [1.54, 1.807) is 25.1 Å². The molecule has 17 heavy (non-hydrogen) atoms.